The summed E-state index contributed by atoms with van der Waals surface area (Å²) in [6.07, 6.45) is 1.50. The number of carbonyl (C=O) groups excluding carboxylic acids is 1. The number of nitrogens with one attached hydrogen (secondary N) is 1. The molecule has 2 N–H and O–H groups in total. The molecule has 2 aromatic carbocycles. The molecule has 7 heteroatoms. The van der Waals surface area contributed by atoms with Gasteiger partial charge in [-0.2, -0.15) is 0 Å². The van der Waals surface area contributed by atoms with Crippen LogP contribution >= 0.6 is 11.6 Å². The third-order valence-corrected chi connectivity index (χ3v) is 6.83. The fourth-order valence-corrected chi connectivity index (χ4v) is 4.79. The summed E-state index contributed by atoms with van der Waals surface area (Å²) >= 11 is 6.00. The Hall–Kier alpha value is -2.96. The van der Waals surface area contributed by atoms with E-state index in [1.54, 1.807) is 29.2 Å². The Morgan fingerprint density at radius 3 is 2.56 bits per heavy atom. The number of aliphatic hydroxyl groups is 1. The molecular formula is C25H24ClN3O3. The van der Waals surface area contributed by atoms with E-state index in [1.807, 2.05) is 18.2 Å². The molecule has 1 fully saturated rings. The number of halogens is 1. The molecule has 2 heterocycles. The Labute approximate surface area is 190 Å². The van der Waals surface area contributed by atoms with Crippen LogP contribution in [0, 0.1) is 0 Å². The third-order valence-electron chi connectivity index (χ3n) is 6.59. The largest absolute Gasteiger partial charge is 0.378 e. The van der Waals surface area contributed by atoms with Gasteiger partial charge in [-0.05, 0) is 42.5 Å². The van der Waals surface area contributed by atoms with Crippen molar-refractivity contribution in [2.24, 2.45) is 0 Å². The molecule has 5 rings (SSSR count). The molecule has 1 aromatic heterocycles. The summed E-state index contributed by atoms with van der Waals surface area (Å²) < 4.78 is 0. The number of hydrogen-bond acceptors (Lipinski definition) is 4. The minimum absolute atomic E-state index is 0.128. The normalized spacial score (nSPS) is 17.9. The summed E-state index contributed by atoms with van der Waals surface area (Å²) in [6, 6.07) is 16.8. The van der Waals surface area contributed by atoms with Crippen LogP contribution in [-0.4, -0.2) is 39.0 Å². The number of hydrogen-bond donors (Lipinski definition) is 2. The molecule has 0 unspecified atom stereocenters. The highest BCUT2D eigenvalue weighted by atomic mass is 35.5. The summed E-state index contributed by atoms with van der Waals surface area (Å²) in [7, 11) is 0. The first kappa shape index (κ1) is 20.9. The van der Waals surface area contributed by atoms with Crippen LogP contribution in [0.1, 0.15) is 47.2 Å². The number of aliphatic hydroxyl groups excluding tert-OH is 1. The van der Waals surface area contributed by atoms with Crippen LogP contribution in [0.25, 0.3) is 0 Å². The molecule has 1 atom stereocenters. The minimum atomic E-state index is -1.29. The van der Waals surface area contributed by atoms with Crippen LogP contribution in [0.15, 0.2) is 59.4 Å². The highest BCUT2D eigenvalue weighted by molar-refractivity contribution is 6.30. The lowest BCUT2D eigenvalue weighted by Gasteiger charge is -2.23. The smallest absolute Gasteiger partial charge is 0.256 e. The summed E-state index contributed by atoms with van der Waals surface area (Å²) in [6.45, 7) is 0.759. The molecule has 0 spiro atoms. The fraction of sp³-hybridized carbons (Fsp3) is 0.320. The molecule has 164 valence electrons. The maximum absolute atomic E-state index is 12.9. The molecule has 0 bridgehead atoms. The average molecular weight is 450 g/mol. The van der Waals surface area contributed by atoms with Gasteiger partial charge in [0.1, 0.15) is 5.82 Å². The number of rotatable bonds is 4. The Balaban J connectivity index is 1.38. The van der Waals surface area contributed by atoms with Crippen molar-refractivity contribution in [1.82, 2.24) is 14.9 Å². The summed E-state index contributed by atoms with van der Waals surface area (Å²) in [4.78, 5) is 35.4. The van der Waals surface area contributed by atoms with E-state index in [0.717, 1.165) is 24.1 Å². The van der Waals surface area contributed by atoms with Gasteiger partial charge in [-0.1, -0.05) is 54.1 Å². The zero-order chi connectivity index (χ0) is 22.3. The van der Waals surface area contributed by atoms with Gasteiger partial charge >= 0.3 is 0 Å². The van der Waals surface area contributed by atoms with Gasteiger partial charge in [0.2, 0.25) is 0 Å². The Morgan fingerprint density at radius 2 is 1.84 bits per heavy atom. The predicted molar refractivity (Wildman–Crippen MR) is 122 cm³/mol. The van der Waals surface area contributed by atoms with Gasteiger partial charge in [-0.25, -0.2) is 4.98 Å². The topological polar surface area (TPSA) is 86.3 Å². The van der Waals surface area contributed by atoms with E-state index >= 15 is 0 Å². The first-order chi connectivity index (χ1) is 15.5. The van der Waals surface area contributed by atoms with E-state index < -0.39 is 6.10 Å². The Kier molecular flexibility index (Phi) is 5.35. The Morgan fingerprint density at radius 1 is 1.09 bits per heavy atom. The number of benzene rings is 2. The lowest BCUT2D eigenvalue weighted by atomic mass is 9.94. The van der Waals surface area contributed by atoms with Crippen LogP contribution in [0.4, 0.5) is 0 Å². The number of aromatic nitrogens is 2. The van der Waals surface area contributed by atoms with Crippen molar-refractivity contribution < 1.29 is 9.90 Å². The van der Waals surface area contributed by atoms with Crippen LogP contribution < -0.4 is 5.56 Å². The third kappa shape index (κ3) is 3.74. The van der Waals surface area contributed by atoms with Gasteiger partial charge in [-0.15, -0.1) is 0 Å². The van der Waals surface area contributed by atoms with Crippen LogP contribution in [0.5, 0.6) is 0 Å². The highest BCUT2D eigenvalue weighted by Crippen LogP contribution is 2.51. The van der Waals surface area contributed by atoms with E-state index in [4.69, 9.17) is 16.6 Å². The molecule has 32 heavy (non-hydrogen) atoms. The molecule has 1 aliphatic carbocycles. The summed E-state index contributed by atoms with van der Waals surface area (Å²) in [5, 5.41) is 11.0. The van der Waals surface area contributed by atoms with Crippen molar-refractivity contribution in [3.63, 3.8) is 0 Å². The maximum Gasteiger partial charge on any atom is 0.256 e. The molecule has 6 nitrogen and oxygen atoms in total. The number of carbonyl (C=O) groups is 1. The quantitative estimate of drug-likeness (QED) is 0.640. The average Bonchev–Trinajstić information content (AvgIpc) is 3.63. The van der Waals surface area contributed by atoms with Gasteiger partial charge < -0.3 is 15.0 Å². The lowest BCUT2D eigenvalue weighted by molar-refractivity contribution is -0.140. The predicted octanol–water partition coefficient (Wildman–Crippen LogP) is 3.16. The van der Waals surface area contributed by atoms with Gasteiger partial charge in [0.25, 0.3) is 11.5 Å². The highest BCUT2D eigenvalue weighted by Gasteiger charge is 2.48. The van der Waals surface area contributed by atoms with Crippen molar-refractivity contribution in [2.45, 2.75) is 37.2 Å². The lowest BCUT2D eigenvalue weighted by Crippen LogP contribution is -2.37. The van der Waals surface area contributed by atoms with E-state index in [9.17, 15) is 14.7 Å². The molecule has 1 saturated carbocycles. The zero-order valence-electron chi connectivity index (χ0n) is 17.6. The number of fused-ring (bicyclic) bond motifs is 1. The van der Waals surface area contributed by atoms with Crippen molar-refractivity contribution in [3.8, 4) is 0 Å². The van der Waals surface area contributed by atoms with Gasteiger partial charge in [0, 0.05) is 30.1 Å². The molecule has 0 radical (unpaired) electrons. The molecule has 2 aliphatic rings. The first-order valence-electron chi connectivity index (χ1n) is 10.9. The first-order valence-corrected chi connectivity index (χ1v) is 11.3. The number of nitrogens with zero attached hydrogens (tertiary/aromatic N) is 2. The maximum atomic E-state index is 12.9. The number of H-pyrrole nitrogens is 1. The van der Waals surface area contributed by atoms with Gasteiger partial charge in [0.15, 0.2) is 6.10 Å². The van der Waals surface area contributed by atoms with Crippen molar-refractivity contribution in [3.05, 3.63) is 98.2 Å². The molecule has 1 amide bonds. The minimum Gasteiger partial charge on any atom is -0.378 e. The fourth-order valence-electron chi connectivity index (χ4n) is 4.59. The Bertz CT molecular complexity index is 1220. The van der Waals surface area contributed by atoms with Crippen molar-refractivity contribution in [1.29, 1.82) is 0 Å². The van der Waals surface area contributed by atoms with Gasteiger partial charge in [0.05, 0.1) is 11.1 Å². The second-order valence-corrected chi connectivity index (χ2v) is 9.01. The van der Waals surface area contributed by atoms with E-state index in [0.29, 0.717) is 47.9 Å². The molecular weight excluding hydrogens is 426 g/mol. The van der Waals surface area contributed by atoms with Crippen LogP contribution in [0.3, 0.4) is 0 Å². The molecule has 3 aromatic rings. The van der Waals surface area contributed by atoms with E-state index in [1.165, 1.54) is 0 Å². The molecule has 1 aliphatic heterocycles. The molecule has 0 saturated heterocycles. The monoisotopic (exact) mass is 449 g/mol. The van der Waals surface area contributed by atoms with Gasteiger partial charge in [-0.3, -0.25) is 9.59 Å². The number of amides is 1. The zero-order valence-corrected chi connectivity index (χ0v) is 18.3. The standard InChI is InChI=1S/C25H24ClN3O3/c26-18-8-4-5-16(15-18)21(30)23(32)29-13-9-19-20(10-14-29)27-24(28-22(19)31)25(11-12-25)17-6-2-1-3-7-17/h1-8,15,21,30H,9-14H2,(H,27,28,31)/t21-/m1/s1. The summed E-state index contributed by atoms with van der Waals surface area (Å²) in [5.41, 5.74) is 2.65. The number of aromatic amines is 1. The van der Waals surface area contributed by atoms with Crippen LogP contribution in [-0.2, 0) is 23.1 Å². The summed E-state index contributed by atoms with van der Waals surface area (Å²) in [5.74, 6) is 0.325. The second-order valence-electron chi connectivity index (χ2n) is 8.57. The van der Waals surface area contributed by atoms with Crippen molar-refractivity contribution in [2.75, 3.05) is 13.1 Å². The second kappa shape index (κ2) is 8.19. The van der Waals surface area contributed by atoms with Crippen molar-refractivity contribution >= 4 is 17.5 Å². The SMILES string of the molecule is O=C([C@H](O)c1cccc(Cl)c1)N1CCc2nc(C3(c4ccccc4)CC3)[nH]c(=O)c2CC1. The van der Waals surface area contributed by atoms with E-state index in [-0.39, 0.29) is 16.9 Å². The van der Waals surface area contributed by atoms with Crippen LogP contribution in [0.2, 0.25) is 5.02 Å². The van der Waals surface area contributed by atoms with E-state index in [2.05, 4.69) is 17.1 Å².